The van der Waals surface area contributed by atoms with Crippen LogP contribution in [-0.2, 0) is 40.9 Å². The summed E-state index contributed by atoms with van der Waals surface area (Å²) in [6.45, 7) is 0. The van der Waals surface area contributed by atoms with Crippen molar-refractivity contribution in [2.75, 3.05) is 0 Å². The number of hydrogen-bond donors (Lipinski definition) is 0. The Bertz CT molecular complexity index is 2470. The zero-order chi connectivity index (χ0) is 32.6. The second-order valence-corrected chi connectivity index (χ2v) is 11.5. The van der Waals surface area contributed by atoms with Gasteiger partial charge in [0, 0.05) is 0 Å². The molecule has 9 rings (SSSR count). The van der Waals surface area contributed by atoms with E-state index in [4.69, 9.17) is 4.98 Å². The first-order valence-electron chi connectivity index (χ1n) is 15.7. The minimum atomic E-state index is 0. The maximum absolute atomic E-state index is 4.76. The third kappa shape index (κ3) is 5.97. The predicted molar refractivity (Wildman–Crippen MR) is 184 cm³/mol. The third-order valence-electron chi connectivity index (χ3n) is 8.40. The van der Waals surface area contributed by atoms with Crippen molar-refractivity contribution in [2.24, 2.45) is 21.1 Å². The fraction of sp³-hybridized carbons (Fsp3) is 0.0732. The molecule has 0 saturated heterocycles. The zero-order valence-electron chi connectivity index (χ0n) is 27.2. The van der Waals surface area contributed by atoms with Gasteiger partial charge in [-0.1, -0.05) is 96.3 Å². The summed E-state index contributed by atoms with van der Waals surface area (Å²) in [5.74, 6) is 0.853. The summed E-state index contributed by atoms with van der Waals surface area (Å²) in [7, 11) is 6.01. The molecule has 0 spiro atoms. The van der Waals surface area contributed by atoms with Gasteiger partial charge in [-0.05, 0) is 11.8 Å². The van der Waals surface area contributed by atoms with Crippen LogP contribution in [0.4, 0.5) is 0 Å². The first-order valence-corrected chi connectivity index (χ1v) is 15.7. The minimum absolute atomic E-state index is 0. The normalized spacial score (nSPS) is 11.0. The molecule has 5 aromatic carbocycles. The molecule has 9 aromatic rings. The molecule has 4 aromatic heterocycles. The Kier molecular flexibility index (Phi) is 8.73. The molecule has 0 aliphatic carbocycles. The first-order chi connectivity index (χ1) is 23.5. The summed E-state index contributed by atoms with van der Waals surface area (Å²) in [6, 6.07) is 51.6. The predicted octanol–water partition coefficient (Wildman–Crippen LogP) is 5.74. The topological polar surface area (TPSA) is 39.3 Å². The van der Waals surface area contributed by atoms with Crippen LogP contribution in [0.1, 0.15) is 0 Å². The molecule has 0 unspecified atom stereocenters. The van der Waals surface area contributed by atoms with Crippen molar-refractivity contribution in [3.05, 3.63) is 165 Å². The van der Waals surface area contributed by atoms with E-state index in [2.05, 4.69) is 79.6 Å². The van der Waals surface area contributed by atoms with Gasteiger partial charge in [0.15, 0.2) is 0 Å². The van der Waals surface area contributed by atoms with E-state index in [1.807, 2.05) is 133 Å². The fourth-order valence-electron chi connectivity index (χ4n) is 6.08. The molecule has 7 nitrogen and oxygen atoms in total. The van der Waals surface area contributed by atoms with E-state index >= 15 is 0 Å². The molecule has 0 N–H and O–H groups in total. The Morgan fingerprint density at radius 3 is 1.49 bits per heavy atom. The van der Waals surface area contributed by atoms with E-state index in [9.17, 15) is 0 Å². The van der Waals surface area contributed by atoms with Gasteiger partial charge in [-0.15, -0.1) is 35.9 Å². The van der Waals surface area contributed by atoms with Crippen molar-refractivity contribution < 1.29 is 33.5 Å². The number of rotatable bonds is 4. The van der Waals surface area contributed by atoms with E-state index in [1.54, 1.807) is 0 Å². The van der Waals surface area contributed by atoms with E-state index < -0.39 is 0 Å². The van der Waals surface area contributed by atoms with Crippen molar-refractivity contribution >= 4 is 33.1 Å². The van der Waals surface area contributed by atoms with Gasteiger partial charge < -0.3 is 32.4 Å². The average molecular weight is 812 g/mol. The number of aromatic nitrogens is 7. The molecule has 1 radical (unpaired) electrons. The second kappa shape index (κ2) is 13.4. The number of benzene rings is 5. The second-order valence-electron chi connectivity index (χ2n) is 11.5. The Hall–Kier alpha value is -5.70. The molecule has 0 atom stereocenters. The molecule has 0 bridgehead atoms. The minimum Gasteiger partial charge on any atom is -0.342 e. The van der Waals surface area contributed by atoms with Gasteiger partial charge in [0.1, 0.15) is 5.82 Å². The van der Waals surface area contributed by atoms with Crippen molar-refractivity contribution in [1.29, 1.82) is 0 Å². The first kappa shape index (κ1) is 31.9. The van der Waals surface area contributed by atoms with Gasteiger partial charge in [0.25, 0.3) is 0 Å². The number of aryl methyl sites for hydroxylation is 3. The Labute approximate surface area is 298 Å². The van der Waals surface area contributed by atoms with Crippen LogP contribution < -0.4 is 13.7 Å². The molecule has 0 aliphatic heterocycles. The standard InChI is InChI=1S/C22H17N4.C19H14N3.Os/c1-23-15-25(21-12-5-3-10-19(21)23)17-8-7-9-18(14-17)26-16-24(2)20-11-4-6-13-22(20)26;1-21-14-22(18-12-6-5-11-17(18)21)19-13-7-10-16(20-19)15-8-3-2-4-9-15;/h3-13H,1-2H3;2-8,10-13H,1H3;/q2*-1;+5. The monoisotopic (exact) mass is 813 g/mol. The number of fused-ring (bicyclic) bond motifs is 3. The molecule has 0 aliphatic rings. The molecular weight excluding hydrogens is 781 g/mol. The summed E-state index contributed by atoms with van der Waals surface area (Å²) in [5.41, 5.74) is 10.5. The molecule has 49 heavy (non-hydrogen) atoms. The quantitative estimate of drug-likeness (QED) is 0.165. The van der Waals surface area contributed by atoms with Gasteiger partial charge in [-0.2, -0.15) is 24.3 Å². The summed E-state index contributed by atoms with van der Waals surface area (Å²) in [5, 5.41) is 0. The van der Waals surface area contributed by atoms with Crippen molar-refractivity contribution in [3.8, 4) is 28.5 Å². The van der Waals surface area contributed by atoms with Gasteiger partial charge >= 0.3 is 19.8 Å². The van der Waals surface area contributed by atoms with Crippen molar-refractivity contribution in [1.82, 2.24) is 18.7 Å². The van der Waals surface area contributed by atoms with Crippen LogP contribution in [0.25, 0.3) is 61.6 Å². The van der Waals surface area contributed by atoms with Crippen LogP contribution in [0, 0.1) is 31.1 Å². The number of para-hydroxylation sites is 6. The van der Waals surface area contributed by atoms with Crippen LogP contribution >= 0.6 is 0 Å². The van der Waals surface area contributed by atoms with Crippen LogP contribution in [0.2, 0.25) is 0 Å². The maximum atomic E-state index is 4.76. The molecular formula is C41H31N7Os+3. The van der Waals surface area contributed by atoms with E-state index in [0.29, 0.717) is 0 Å². The number of nitrogens with zero attached hydrogens (tertiary/aromatic N) is 7. The van der Waals surface area contributed by atoms with Crippen LogP contribution in [-0.4, -0.2) is 18.7 Å². The molecule has 4 heterocycles. The van der Waals surface area contributed by atoms with E-state index in [1.165, 1.54) is 0 Å². The Morgan fingerprint density at radius 1 is 0.490 bits per heavy atom. The van der Waals surface area contributed by atoms with Crippen LogP contribution in [0.5, 0.6) is 0 Å². The Morgan fingerprint density at radius 2 is 0.959 bits per heavy atom. The fourth-order valence-corrected chi connectivity index (χ4v) is 6.08. The smallest absolute Gasteiger partial charge is 0.342 e. The summed E-state index contributed by atoms with van der Waals surface area (Å²) < 4.78 is 12.1. The summed E-state index contributed by atoms with van der Waals surface area (Å²) in [6.07, 6.45) is 10.0. The zero-order valence-corrected chi connectivity index (χ0v) is 29.7. The van der Waals surface area contributed by atoms with E-state index in [-0.39, 0.29) is 19.8 Å². The van der Waals surface area contributed by atoms with Gasteiger partial charge in [-0.25, -0.2) is 0 Å². The average Bonchev–Trinajstić information content (AvgIpc) is 3.80. The van der Waals surface area contributed by atoms with Gasteiger partial charge in [-0.3, -0.25) is 0 Å². The SMILES string of the molecule is C[n+]1[c-]n(-c2[c-]c(-n3[c-][n+](C)c4ccccc43)ccc2)c2ccccc21.C[n+]1[c-]n(-c2cccc(-c3[c-]cccc3)n2)c2ccccc21.[Os+5]. The molecule has 0 fully saturated rings. The van der Waals surface area contributed by atoms with Crippen LogP contribution in [0.15, 0.2) is 133 Å². The Balaban J connectivity index is 0.000000153. The maximum Gasteiger partial charge on any atom is 5.00 e. The molecule has 8 heteroatoms. The summed E-state index contributed by atoms with van der Waals surface area (Å²) >= 11 is 0. The number of hydrogen-bond acceptors (Lipinski definition) is 1. The molecule has 0 amide bonds. The molecule has 235 valence electrons. The van der Waals surface area contributed by atoms with Gasteiger partial charge in [0.05, 0.1) is 54.2 Å². The third-order valence-corrected chi connectivity index (χ3v) is 8.40. The van der Waals surface area contributed by atoms with Crippen molar-refractivity contribution in [2.45, 2.75) is 0 Å². The van der Waals surface area contributed by atoms with E-state index in [0.717, 1.165) is 61.6 Å². The number of imidazole rings is 3. The molecule has 0 saturated carbocycles. The van der Waals surface area contributed by atoms with Crippen LogP contribution in [0.3, 0.4) is 0 Å². The number of pyridine rings is 1. The largest absolute Gasteiger partial charge is 5.00 e. The van der Waals surface area contributed by atoms with Gasteiger partial charge in [0.2, 0.25) is 19.0 Å². The van der Waals surface area contributed by atoms with Crippen molar-refractivity contribution in [3.63, 3.8) is 0 Å². The summed E-state index contributed by atoms with van der Waals surface area (Å²) in [4.78, 5) is 4.76.